The number of nitrogens with zero attached hydrogens (tertiary/aromatic N) is 3. The van der Waals surface area contributed by atoms with Gasteiger partial charge in [-0.05, 0) is 18.9 Å². The van der Waals surface area contributed by atoms with Gasteiger partial charge in [-0.25, -0.2) is 9.97 Å². The van der Waals surface area contributed by atoms with Gasteiger partial charge in [0.05, 0.1) is 4.92 Å². The second-order valence-corrected chi connectivity index (χ2v) is 4.59. The van der Waals surface area contributed by atoms with E-state index in [0.29, 0.717) is 6.54 Å². The van der Waals surface area contributed by atoms with Gasteiger partial charge in [-0.3, -0.25) is 10.1 Å². The summed E-state index contributed by atoms with van der Waals surface area (Å²) in [5.41, 5.74) is 2.23. The first-order valence-electron chi connectivity index (χ1n) is 6.58. The summed E-state index contributed by atoms with van der Waals surface area (Å²) < 4.78 is 0. The van der Waals surface area contributed by atoms with Gasteiger partial charge in [0.15, 0.2) is 0 Å². The monoisotopic (exact) mass is 287 g/mol. The molecule has 0 spiro atoms. The first-order chi connectivity index (χ1) is 10.1. The molecule has 7 heteroatoms. The standard InChI is InChI=1S/C14H17N5O2/c1-10-4-3-5-11(8-10)6-7-16-14-12(19(20)21)13(15-2)17-9-18-14/h3-5,8-9H,6-7H2,1-2H3,(H2,15,16,17,18). The van der Waals surface area contributed by atoms with E-state index in [4.69, 9.17) is 0 Å². The summed E-state index contributed by atoms with van der Waals surface area (Å²) in [6.45, 7) is 2.59. The Balaban J connectivity index is 2.08. The molecule has 0 amide bonds. The Kier molecular flexibility index (Phi) is 4.65. The summed E-state index contributed by atoms with van der Waals surface area (Å²) in [7, 11) is 1.59. The van der Waals surface area contributed by atoms with E-state index in [2.05, 4.69) is 26.7 Å². The number of nitrogens with one attached hydrogen (secondary N) is 2. The molecule has 0 saturated carbocycles. The van der Waals surface area contributed by atoms with Gasteiger partial charge in [0.1, 0.15) is 6.33 Å². The summed E-state index contributed by atoms with van der Waals surface area (Å²) in [5, 5.41) is 16.8. The molecule has 1 aromatic heterocycles. The molecular weight excluding hydrogens is 270 g/mol. The van der Waals surface area contributed by atoms with Crippen molar-refractivity contribution in [2.45, 2.75) is 13.3 Å². The first-order valence-corrected chi connectivity index (χ1v) is 6.58. The lowest BCUT2D eigenvalue weighted by atomic mass is 10.1. The summed E-state index contributed by atoms with van der Waals surface area (Å²) in [4.78, 5) is 18.4. The van der Waals surface area contributed by atoms with Crippen molar-refractivity contribution in [2.24, 2.45) is 0 Å². The van der Waals surface area contributed by atoms with E-state index in [9.17, 15) is 10.1 Å². The molecule has 110 valence electrons. The van der Waals surface area contributed by atoms with Crippen LogP contribution in [0, 0.1) is 17.0 Å². The van der Waals surface area contributed by atoms with Crippen LogP contribution < -0.4 is 10.6 Å². The van der Waals surface area contributed by atoms with Crippen molar-refractivity contribution in [1.29, 1.82) is 0 Å². The molecule has 0 aliphatic heterocycles. The molecule has 0 fully saturated rings. The Bertz CT molecular complexity index is 645. The van der Waals surface area contributed by atoms with Crippen LogP contribution >= 0.6 is 0 Å². The van der Waals surface area contributed by atoms with Crippen molar-refractivity contribution >= 4 is 17.3 Å². The number of anilines is 2. The Morgan fingerprint density at radius 3 is 2.71 bits per heavy atom. The van der Waals surface area contributed by atoms with Crippen molar-refractivity contribution in [2.75, 3.05) is 24.2 Å². The third-order valence-electron chi connectivity index (χ3n) is 3.03. The smallest absolute Gasteiger partial charge is 0.353 e. The quantitative estimate of drug-likeness (QED) is 0.626. The highest BCUT2D eigenvalue weighted by atomic mass is 16.6. The highest BCUT2D eigenvalue weighted by Crippen LogP contribution is 2.28. The van der Waals surface area contributed by atoms with Crippen LogP contribution in [-0.2, 0) is 6.42 Å². The molecule has 1 aromatic carbocycles. The molecule has 2 rings (SSSR count). The van der Waals surface area contributed by atoms with Gasteiger partial charge in [-0.2, -0.15) is 0 Å². The Labute approximate surface area is 122 Å². The zero-order valence-corrected chi connectivity index (χ0v) is 12.0. The average Bonchev–Trinajstić information content (AvgIpc) is 2.46. The number of hydrogen-bond acceptors (Lipinski definition) is 6. The molecule has 0 unspecified atom stereocenters. The van der Waals surface area contributed by atoms with E-state index in [-0.39, 0.29) is 17.3 Å². The average molecular weight is 287 g/mol. The minimum atomic E-state index is -0.485. The largest absolute Gasteiger partial charge is 0.367 e. The van der Waals surface area contributed by atoms with Crippen LogP contribution in [0.3, 0.4) is 0 Å². The lowest BCUT2D eigenvalue weighted by Gasteiger charge is -2.08. The van der Waals surface area contributed by atoms with E-state index >= 15 is 0 Å². The fourth-order valence-corrected chi connectivity index (χ4v) is 2.06. The zero-order valence-electron chi connectivity index (χ0n) is 12.0. The predicted octanol–water partition coefficient (Wildman–Crippen LogP) is 2.39. The van der Waals surface area contributed by atoms with Gasteiger partial charge in [-0.15, -0.1) is 0 Å². The van der Waals surface area contributed by atoms with E-state index in [1.165, 1.54) is 17.5 Å². The van der Waals surface area contributed by atoms with Crippen molar-refractivity contribution in [1.82, 2.24) is 9.97 Å². The fourth-order valence-electron chi connectivity index (χ4n) is 2.06. The SMILES string of the molecule is CNc1ncnc(NCCc2cccc(C)c2)c1[N+](=O)[O-]. The second-order valence-electron chi connectivity index (χ2n) is 4.59. The number of nitro groups is 1. The second kappa shape index (κ2) is 6.65. The highest BCUT2D eigenvalue weighted by molar-refractivity contribution is 5.68. The maximum absolute atomic E-state index is 11.1. The van der Waals surface area contributed by atoms with Crippen LogP contribution in [0.5, 0.6) is 0 Å². The molecule has 2 N–H and O–H groups in total. The van der Waals surface area contributed by atoms with E-state index < -0.39 is 4.92 Å². The molecule has 0 aliphatic rings. The first kappa shape index (κ1) is 14.7. The number of aromatic nitrogens is 2. The van der Waals surface area contributed by atoms with Crippen LogP contribution in [0.2, 0.25) is 0 Å². The van der Waals surface area contributed by atoms with Crippen molar-refractivity contribution in [3.63, 3.8) is 0 Å². The van der Waals surface area contributed by atoms with Crippen molar-refractivity contribution < 1.29 is 4.92 Å². The molecule has 0 atom stereocenters. The maximum atomic E-state index is 11.1. The third kappa shape index (κ3) is 3.65. The summed E-state index contributed by atoms with van der Waals surface area (Å²) in [6, 6.07) is 8.15. The summed E-state index contributed by atoms with van der Waals surface area (Å²) in [6.07, 6.45) is 2.06. The summed E-state index contributed by atoms with van der Waals surface area (Å²) >= 11 is 0. The molecule has 0 saturated heterocycles. The molecule has 21 heavy (non-hydrogen) atoms. The minimum absolute atomic E-state index is 0.135. The van der Waals surface area contributed by atoms with Gasteiger partial charge in [0.25, 0.3) is 0 Å². The molecule has 0 bridgehead atoms. The lowest BCUT2D eigenvalue weighted by Crippen LogP contribution is -2.10. The topological polar surface area (TPSA) is 93.0 Å². The molecule has 7 nitrogen and oxygen atoms in total. The van der Waals surface area contributed by atoms with Crippen LogP contribution in [0.4, 0.5) is 17.3 Å². The summed E-state index contributed by atoms with van der Waals surface area (Å²) in [5.74, 6) is 0.431. The highest BCUT2D eigenvalue weighted by Gasteiger charge is 2.21. The molecule has 1 heterocycles. The molecule has 2 aromatic rings. The number of hydrogen-bond donors (Lipinski definition) is 2. The van der Waals surface area contributed by atoms with Crippen LogP contribution in [-0.4, -0.2) is 28.5 Å². The van der Waals surface area contributed by atoms with Crippen LogP contribution in [0.1, 0.15) is 11.1 Å². The molecule has 0 aliphatic carbocycles. The van der Waals surface area contributed by atoms with Crippen molar-refractivity contribution in [3.8, 4) is 0 Å². The Morgan fingerprint density at radius 2 is 2.05 bits per heavy atom. The van der Waals surface area contributed by atoms with E-state index in [0.717, 1.165) is 6.42 Å². The normalized spacial score (nSPS) is 10.2. The van der Waals surface area contributed by atoms with Crippen molar-refractivity contribution in [3.05, 3.63) is 51.8 Å². The fraction of sp³-hybridized carbons (Fsp3) is 0.286. The van der Waals surface area contributed by atoms with E-state index in [1.807, 2.05) is 25.1 Å². The number of aryl methyl sites for hydroxylation is 1. The maximum Gasteiger partial charge on any atom is 0.353 e. The molecular formula is C14H17N5O2. The van der Waals surface area contributed by atoms with E-state index in [1.54, 1.807) is 7.05 Å². The zero-order chi connectivity index (χ0) is 15.2. The van der Waals surface area contributed by atoms with Crippen LogP contribution in [0.25, 0.3) is 0 Å². The van der Waals surface area contributed by atoms with Crippen LogP contribution in [0.15, 0.2) is 30.6 Å². The van der Waals surface area contributed by atoms with Gasteiger partial charge >= 0.3 is 5.69 Å². The predicted molar refractivity (Wildman–Crippen MR) is 81.6 cm³/mol. The Morgan fingerprint density at radius 1 is 1.29 bits per heavy atom. The third-order valence-corrected chi connectivity index (χ3v) is 3.03. The van der Waals surface area contributed by atoms with Gasteiger partial charge in [-0.1, -0.05) is 29.8 Å². The lowest BCUT2D eigenvalue weighted by molar-refractivity contribution is -0.383. The minimum Gasteiger partial charge on any atom is -0.367 e. The number of benzene rings is 1. The van der Waals surface area contributed by atoms with Gasteiger partial charge in [0.2, 0.25) is 11.6 Å². The molecule has 0 radical (unpaired) electrons. The Hall–Kier alpha value is -2.70. The van der Waals surface area contributed by atoms with Gasteiger partial charge < -0.3 is 10.6 Å². The van der Waals surface area contributed by atoms with Gasteiger partial charge in [0, 0.05) is 13.6 Å². The number of rotatable bonds is 6.